The van der Waals surface area contributed by atoms with Gasteiger partial charge in [0.2, 0.25) is 0 Å². The largest absolute Gasteiger partial charge is 0.423 e. The molecule has 3 aromatic carbocycles. The van der Waals surface area contributed by atoms with E-state index in [2.05, 4.69) is 31.9 Å². The summed E-state index contributed by atoms with van der Waals surface area (Å²) in [5, 5.41) is -0.302. The summed E-state index contributed by atoms with van der Waals surface area (Å²) in [5.74, 6) is -0.397. The number of thioether (sulfide) groups is 1. The smallest absolute Gasteiger partial charge is 0.343 e. The first-order chi connectivity index (χ1) is 15.4. The van der Waals surface area contributed by atoms with E-state index < -0.39 is 5.97 Å². The highest BCUT2D eigenvalue weighted by atomic mass is 79.9. The van der Waals surface area contributed by atoms with Crippen LogP contribution in [0, 0.1) is 0 Å². The lowest BCUT2D eigenvalue weighted by molar-refractivity contribution is -0.123. The molecule has 8 heteroatoms. The standard InChI is InChI=1S/C24H15Br2NO4S/c25-18-7-1-16(2-8-18)14-27-22(28)21(32-24(27)30)13-15-3-11-20(12-4-15)31-23(29)17-5-9-19(26)10-6-17/h1-13H,14H2/b21-13-. The molecular weight excluding hydrogens is 558 g/mol. The summed E-state index contributed by atoms with van der Waals surface area (Å²) in [5.41, 5.74) is 2.04. The van der Waals surface area contributed by atoms with Gasteiger partial charge in [-0.05, 0) is 77.5 Å². The van der Waals surface area contributed by atoms with E-state index in [4.69, 9.17) is 4.74 Å². The predicted molar refractivity (Wildman–Crippen MR) is 131 cm³/mol. The summed E-state index contributed by atoms with van der Waals surface area (Å²) >= 11 is 7.61. The zero-order chi connectivity index (χ0) is 22.7. The Kier molecular flexibility index (Phi) is 6.93. The Labute approximate surface area is 205 Å². The number of hydrogen-bond donors (Lipinski definition) is 0. The second kappa shape index (κ2) is 9.85. The second-order valence-corrected chi connectivity index (χ2v) is 9.68. The normalized spacial score (nSPS) is 14.8. The van der Waals surface area contributed by atoms with Crippen LogP contribution >= 0.6 is 43.6 Å². The quantitative estimate of drug-likeness (QED) is 0.194. The number of imide groups is 1. The topological polar surface area (TPSA) is 63.7 Å². The summed E-state index contributed by atoms with van der Waals surface area (Å²) < 4.78 is 7.19. The minimum absolute atomic E-state index is 0.222. The molecule has 1 aliphatic heterocycles. The van der Waals surface area contributed by atoms with E-state index in [0.29, 0.717) is 16.2 Å². The monoisotopic (exact) mass is 571 g/mol. The van der Waals surface area contributed by atoms with Crippen LogP contribution in [0.1, 0.15) is 21.5 Å². The van der Waals surface area contributed by atoms with E-state index in [9.17, 15) is 14.4 Å². The van der Waals surface area contributed by atoms with Gasteiger partial charge in [-0.1, -0.05) is 56.1 Å². The summed E-state index contributed by atoms with van der Waals surface area (Å²) in [6.45, 7) is 0.222. The Morgan fingerprint density at radius 2 is 1.47 bits per heavy atom. The van der Waals surface area contributed by atoms with Gasteiger partial charge >= 0.3 is 5.97 Å². The van der Waals surface area contributed by atoms with Crippen LogP contribution in [-0.2, 0) is 11.3 Å². The Morgan fingerprint density at radius 3 is 2.09 bits per heavy atom. The molecular formula is C24H15Br2NO4S. The van der Waals surface area contributed by atoms with Gasteiger partial charge in [0, 0.05) is 8.95 Å². The molecule has 5 nitrogen and oxygen atoms in total. The number of rotatable bonds is 5. The summed E-state index contributed by atoms with van der Waals surface area (Å²) in [7, 11) is 0. The third kappa shape index (κ3) is 5.38. The number of esters is 1. The van der Waals surface area contributed by atoms with Crippen LogP contribution < -0.4 is 4.74 Å². The molecule has 0 aliphatic carbocycles. The minimum Gasteiger partial charge on any atom is -0.423 e. The van der Waals surface area contributed by atoms with Crippen molar-refractivity contribution in [1.29, 1.82) is 0 Å². The first kappa shape index (κ1) is 22.5. The molecule has 1 heterocycles. The molecule has 0 N–H and O–H groups in total. The number of hydrogen-bond acceptors (Lipinski definition) is 5. The van der Waals surface area contributed by atoms with Crippen molar-refractivity contribution in [2.24, 2.45) is 0 Å². The van der Waals surface area contributed by atoms with Crippen molar-refractivity contribution >= 4 is 66.8 Å². The van der Waals surface area contributed by atoms with Gasteiger partial charge < -0.3 is 4.74 Å². The lowest BCUT2D eigenvalue weighted by Crippen LogP contribution is -2.27. The Morgan fingerprint density at radius 1 is 0.875 bits per heavy atom. The van der Waals surface area contributed by atoms with Crippen LogP contribution in [0.15, 0.2) is 86.6 Å². The molecule has 0 unspecified atom stereocenters. The highest BCUT2D eigenvalue weighted by Gasteiger charge is 2.34. The molecule has 1 saturated heterocycles. The van der Waals surface area contributed by atoms with Crippen LogP contribution in [0.2, 0.25) is 0 Å². The van der Waals surface area contributed by atoms with E-state index in [0.717, 1.165) is 31.8 Å². The van der Waals surface area contributed by atoms with Gasteiger partial charge in [-0.25, -0.2) is 4.79 Å². The number of ether oxygens (including phenoxy) is 1. The van der Waals surface area contributed by atoms with Crippen molar-refractivity contribution in [3.05, 3.63) is 103 Å². The SMILES string of the molecule is O=C(Oc1ccc(/C=C2\SC(=O)N(Cc3ccc(Br)cc3)C2=O)cc1)c1ccc(Br)cc1. The molecule has 0 radical (unpaired) electrons. The fraction of sp³-hybridized carbons (Fsp3) is 0.0417. The predicted octanol–water partition coefficient (Wildman–Crippen LogP) is 6.67. The number of carbonyl (C=O) groups excluding carboxylic acids is 3. The van der Waals surface area contributed by atoms with Gasteiger partial charge in [-0.2, -0.15) is 0 Å². The first-order valence-corrected chi connectivity index (χ1v) is 11.9. The second-order valence-electron chi connectivity index (χ2n) is 6.86. The fourth-order valence-corrected chi connectivity index (χ4v) is 4.31. The number of benzene rings is 3. The summed E-state index contributed by atoms with van der Waals surface area (Å²) in [6.07, 6.45) is 1.66. The molecule has 0 spiro atoms. The maximum absolute atomic E-state index is 12.7. The van der Waals surface area contributed by atoms with E-state index in [-0.39, 0.29) is 17.7 Å². The van der Waals surface area contributed by atoms with Crippen LogP contribution in [0.25, 0.3) is 6.08 Å². The molecule has 0 bridgehead atoms. The number of carbonyl (C=O) groups is 3. The average molecular weight is 573 g/mol. The van der Waals surface area contributed by atoms with Gasteiger partial charge in [0.15, 0.2) is 0 Å². The van der Waals surface area contributed by atoms with E-state index in [1.54, 1.807) is 54.6 Å². The zero-order valence-electron chi connectivity index (χ0n) is 16.5. The van der Waals surface area contributed by atoms with Crippen molar-refractivity contribution in [1.82, 2.24) is 4.90 Å². The van der Waals surface area contributed by atoms with Crippen LogP contribution in [0.4, 0.5) is 4.79 Å². The van der Waals surface area contributed by atoms with Gasteiger partial charge in [0.05, 0.1) is 17.0 Å². The van der Waals surface area contributed by atoms with Crippen molar-refractivity contribution in [3.63, 3.8) is 0 Å². The lowest BCUT2D eigenvalue weighted by atomic mass is 10.2. The third-order valence-electron chi connectivity index (χ3n) is 4.60. The molecule has 0 atom stereocenters. The molecule has 4 rings (SSSR count). The van der Waals surface area contributed by atoms with Gasteiger partial charge in [-0.3, -0.25) is 14.5 Å². The van der Waals surface area contributed by atoms with Gasteiger partial charge in [-0.15, -0.1) is 0 Å². The minimum atomic E-state index is -0.459. The highest BCUT2D eigenvalue weighted by molar-refractivity contribution is 9.10. The maximum Gasteiger partial charge on any atom is 0.343 e. The van der Waals surface area contributed by atoms with E-state index in [1.807, 2.05) is 24.3 Å². The fourth-order valence-electron chi connectivity index (χ4n) is 2.94. The molecule has 2 amide bonds. The van der Waals surface area contributed by atoms with Gasteiger partial charge in [0.1, 0.15) is 5.75 Å². The molecule has 32 heavy (non-hydrogen) atoms. The summed E-state index contributed by atoms with van der Waals surface area (Å²) in [4.78, 5) is 38.9. The molecule has 3 aromatic rings. The maximum atomic E-state index is 12.7. The molecule has 0 saturated carbocycles. The molecule has 1 aliphatic rings. The third-order valence-corrected chi connectivity index (χ3v) is 6.56. The number of halogens is 2. The summed E-state index contributed by atoms with van der Waals surface area (Å²) in [6, 6.07) is 21.1. The Bertz CT molecular complexity index is 1210. The highest BCUT2D eigenvalue weighted by Crippen LogP contribution is 2.33. The van der Waals surface area contributed by atoms with Crippen molar-refractivity contribution < 1.29 is 19.1 Å². The van der Waals surface area contributed by atoms with Crippen LogP contribution in [0.3, 0.4) is 0 Å². The van der Waals surface area contributed by atoms with Crippen LogP contribution in [-0.4, -0.2) is 22.0 Å². The lowest BCUT2D eigenvalue weighted by Gasteiger charge is -2.12. The van der Waals surface area contributed by atoms with E-state index >= 15 is 0 Å². The van der Waals surface area contributed by atoms with E-state index in [1.165, 1.54) is 4.90 Å². The Balaban J connectivity index is 1.42. The van der Waals surface area contributed by atoms with Crippen molar-refractivity contribution in [2.75, 3.05) is 0 Å². The van der Waals surface area contributed by atoms with Crippen molar-refractivity contribution in [2.45, 2.75) is 6.54 Å². The van der Waals surface area contributed by atoms with Crippen molar-refractivity contribution in [3.8, 4) is 5.75 Å². The van der Waals surface area contributed by atoms with Gasteiger partial charge in [0.25, 0.3) is 11.1 Å². The molecule has 0 aromatic heterocycles. The van der Waals surface area contributed by atoms with Crippen LogP contribution in [0.5, 0.6) is 5.75 Å². The molecule has 1 fully saturated rings. The zero-order valence-corrected chi connectivity index (χ0v) is 20.4. The number of amides is 2. The average Bonchev–Trinajstić information content (AvgIpc) is 3.04. The number of nitrogens with zero attached hydrogens (tertiary/aromatic N) is 1. The Hall–Kier alpha value is -2.68. The first-order valence-electron chi connectivity index (χ1n) is 9.47. The molecule has 160 valence electrons.